The number of carbonyl (C=O) groups excluding carboxylic acids is 1. The minimum absolute atomic E-state index is 0.0258. The first kappa shape index (κ1) is 8.87. The molecule has 1 N–H and O–H groups in total. The Bertz CT molecular complexity index is 168. The Hall–Kier alpha value is -0.220. The second-order valence-corrected chi connectivity index (χ2v) is 3.12. The average molecular weight is 174 g/mol. The zero-order chi connectivity index (χ0) is 8.48. The predicted molar refractivity (Wildman–Crippen MR) is 45.5 cm³/mol. The number of carbonyl (C=O) groups is 1. The number of ether oxygens (including phenoxy) is 1. The van der Waals surface area contributed by atoms with Crippen molar-refractivity contribution in [1.82, 2.24) is 5.32 Å². The Labute approximate surface area is 71.9 Å². The molecule has 2 atom stereocenters. The highest BCUT2D eigenvalue weighted by atomic mass is 32.1. The molecular formula is C7H12NO2S. The molecule has 1 radical (unpaired) electrons. The summed E-state index contributed by atoms with van der Waals surface area (Å²) in [5.74, 6) is 0.125. The number of thiol groups is 1. The summed E-state index contributed by atoms with van der Waals surface area (Å²) in [6, 6.07) is -0.0258. The molecule has 1 saturated heterocycles. The van der Waals surface area contributed by atoms with Crippen LogP contribution in [0.3, 0.4) is 0 Å². The van der Waals surface area contributed by atoms with Crippen LogP contribution in [-0.4, -0.2) is 29.9 Å². The summed E-state index contributed by atoms with van der Waals surface area (Å²) in [7, 11) is 0. The number of hydrogen-bond acceptors (Lipinski definition) is 3. The normalized spacial score (nSPS) is 31.2. The molecule has 1 fully saturated rings. The molecule has 0 aliphatic carbocycles. The lowest BCUT2D eigenvalue weighted by Crippen LogP contribution is -2.42. The second-order valence-electron chi connectivity index (χ2n) is 2.80. The number of hydrogen-bond donors (Lipinski definition) is 2. The van der Waals surface area contributed by atoms with Gasteiger partial charge < -0.3 is 10.1 Å². The van der Waals surface area contributed by atoms with E-state index in [4.69, 9.17) is 4.74 Å². The van der Waals surface area contributed by atoms with E-state index in [2.05, 4.69) is 24.9 Å². The van der Waals surface area contributed by atoms with Crippen molar-refractivity contribution in [3.63, 3.8) is 0 Å². The van der Waals surface area contributed by atoms with Crippen molar-refractivity contribution in [2.24, 2.45) is 0 Å². The van der Waals surface area contributed by atoms with Gasteiger partial charge in [-0.2, -0.15) is 12.6 Å². The molecule has 0 saturated carbocycles. The molecular weight excluding hydrogens is 162 g/mol. The maximum absolute atomic E-state index is 10.8. The van der Waals surface area contributed by atoms with E-state index in [1.54, 1.807) is 0 Å². The largest absolute Gasteiger partial charge is 0.367 e. The van der Waals surface area contributed by atoms with Crippen molar-refractivity contribution in [1.29, 1.82) is 0 Å². The van der Waals surface area contributed by atoms with Crippen LogP contribution in [0.25, 0.3) is 0 Å². The van der Waals surface area contributed by atoms with Gasteiger partial charge in [-0.25, -0.2) is 0 Å². The van der Waals surface area contributed by atoms with E-state index in [1.165, 1.54) is 0 Å². The molecule has 1 rings (SSSR count). The molecule has 1 aliphatic rings. The fourth-order valence-corrected chi connectivity index (χ4v) is 0.853. The van der Waals surface area contributed by atoms with E-state index in [1.807, 2.05) is 6.92 Å². The van der Waals surface area contributed by atoms with Crippen molar-refractivity contribution in [2.45, 2.75) is 18.6 Å². The van der Waals surface area contributed by atoms with Crippen molar-refractivity contribution in [3.8, 4) is 0 Å². The van der Waals surface area contributed by atoms with Crippen LogP contribution in [0.2, 0.25) is 0 Å². The van der Waals surface area contributed by atoms with Crippen LogP contribution in [0.15, 0.2) is 0 Å². The van der Waals surface area contributed by atoms with Gasteiger partial charge in [0.25, 0.3) is 0 Å². The number of amides is 1. The summed E-state index contributed by atoms with van der Waals surface area (Å²) < 4.78 is 5.05. The summed E-state index contributed by atoms with van der Waals surface area (Å²) in [4.78, 5) is 10.8. The van der Waals surface area contributed by atoms with Crippen molar-refractivity contribution in [2.75, 3.05) is 12.4 Å². The van der Waals surface area contributed by atoms with Gasteiger partial charge >= 0.3 is 0 Å². The van der Waals surface area contributed by atoms with Crippen molar-refractivity contribution < 1.29 is 9.53 Å². The summed E-state index contributed by atoms with van der Waals surface area (Å²) in [5, 5.41) is 2.73. The molecule has 4 heteroatoms. The van der Waals surface area contributed by atoms with Gasteiger partial charge in [0.2, 0.25) is 5.91 Å². The average Bonchev–Trinajstić information content (AvgIpc) is 2.69. The van der Waals surface area contributed by atoms with E-state index in [9.17, 15) is 4.79 Å². The van der Waals surface area contributed by atoms with Gasteiger partial charge in [0.1, 0.15) is 5.60 Å². The highest BCUT2D eigenvalue weighted by Crippen LogP contribution is 2.29. The van der Waals surface area contributed by atoms with Crippen LogP contribution in [0, 0.1) is 6.92 Å². The van der Waals surface area contributed by atoms with E-state index in [0.717, 1.165) is 0 Å². The Kier molecular flexibility index (Phi) is 2.44. The quantitative estimate of drug-likeness (QED) is 0.468. The maximum Gasteiger partial charge on any atom is 0.230 e. The SMILES string of the molecule is [CH2]C1(C(C)NC(=O)CS)CO1. The van der Waals surface area contributed by atoms with Crippen LogP contribution in [-0.2, 0) is 9.53 Å². The molecule has 0 aromatic carbocycles. The minimum Gasteiger partial charge on any atom is -0.367 e. The Morgan fingerprint density at radius 3 is 2.91 bits per heavy atom. The zero-order valence-electron chi connectivity index (χ0n) is 6.46. The third-order valence-corrected chi connectivity index (χ3v) is 2.11. The van der Waals surface area contributed by atoms with Crippen LogP contribution >= 0.6 is 12.6 Å². The second kappa shape index (κ2) is 3.03. The molecule has 0 spiro atoms. The molecule has 1 heterocycles. The third kappa shape index (κ3) is 2.10. The smallest absolute Gasteiger partial charge is 0.230 e. The molecule has 0 aromatic rings. The molecule has 0 bridgehead atoms. The number of nitrogens with one attached hydrogen (secondary N) is 1. The summed E-state index contributed by atoms with van der Waals surface area (Å²) in [6.45, 7) is 6.31. The molecule has 1 amide bonds. The fourth-order valence-electron chi connectivity index (χ4n) is 0.761. The molecule has 2 unspecified atom stereocenters. The van der Waals surface area contributed by atoms with Crippen LogP contribution in [0.5, 0.6) is 0 Å². The van der Waals surface area contributed by atoms with Crippen molar-refractivity contribution in [3.05, 3.63) is 6.92 Å². The fraction of sp³-hybridized carbons (Fsp3) is 0.714. The summed E-state index contributed by atoms with van der Waals surface area (Å²) in [5.41, 5.74) is -0.376. The van der Waals surface area contributed by atoms with E-state index in [-0.39, 0.29) is 23.3 Å². The van der Waals surface area contributed by atoms with Gasteiger partial charge in [0.15, 0.2) is 0 Å². The van der Waals surface area contributed by atoms with E-state index in [0.29, 0.717) is 6.61 Å². The lowest BCUT2D eigenvalue weighted by molar-refractivity contribution is -0.119. The highest BCUT2D eigenvalue weighted by Gasteiger charge is 2.45. The van der Waals surface area contributed by atoms with E-state index < -0.39 is 0 Å². The Morgan fingerprint density at radius 2 is 2.55 bits per heavy atom. The lowest BCUT2D eigenvalue weighted by Gasteiger charge is -2.16. The maximum atomic E-state index is 10.8. The molecule has 11 heavy (non-hydrogen) atoms. The molecule has 3 nitrogen and oxygen atoms in total. The monoisotopic (exact) mass is 174 g/mol. The summed E-state index contributed by atoms with van der Waals surface area (Å²) >= 11 is 3.83. The number of rotatable bonds is 3. The minimum atomic E-state index is -0.376. The van der Waals surface area contributed by atoms with Gasteiger partial charge in [-0.05, 0) is 13.8 Å². The van der Waals surface area contributed by atoms with Crippen LogP contribution < -0.4 is 5.32 Å². The lowest BCUT2D eigenvalue weighted by atomic mass is 10.1. The van der Waals surface area contributed by atoms with Crippen LogP contribution in [0.1, 0.15) is 6.92 Å². The first-order valence-corrected chi connectivity index (χ1v) is 4.11. The Morgan fingerprint density at radius 1 is 2.00 bits per heavy atom. The predicted octanol–water partition coefficient (Wildman–Crippen LogP) is 0.0240. The molecule has 63 valence electrons. The Balaban J connectivity index is 2.31. The molecule has 0 aromatic heterocycles. The van der Waals surface area contributed by atoms with E-state index >= 15 is 0 Å². The molecule has 1 aliphatic heterocycles. The summed E-state index contributed by atoms with van der Waals surface area (Å²) in [6.07, 6.45) is 0. The first-order valence-electron chi connectivity index (χ1n) is 3.48. The topological polar surface area (TPSA) is 41.6 Å². The van der Waals surface area contributed by atoms with Gasteiger partial charge in [-0.1, -0.05) is 0 Å². The zero-order valence-corrected chi connectivity index (χ0v) is 7.36. The van der Waals surface area contributed by atoms with Crippen molar-refractivity contribution >= 4 is 18.5 Å². The number of epoxide rings is 1. The van der Waals surface area contributed by atoms with Gasteiger partial charge in [-0.15, -0.1) is 0 Å². The standard InChI is InChI=1S/C7H12NO2S/c1-5(7(2)4-10-7)8-6(9)3-11/h5,11H,2-4H2,1H3,(H,8,9). The van der Waals surface area contributed by atoms with Gasteiger partial charge in [0, 0.05) is 0 Å². The third-order valence-electron chi connectivity index (χ3n) is 1.83. The van der Waals surface area contributed by atoms with Crippen LogP contribution in [0.4, 0.5) is 0 Å². The first-order chi connectivity index (χ1) is 5.08. The highest BCUT2D eigenvalue weighted by molar-refractivity contribution is 7.81. The van der Waals surface area contributed by atoms with Gasteiger partial charge in [0.05, 0.1) is 18.4 Å². The van der Waals surface area contributed by atoms with Gasteiger partial charge in [-0.3, -0.25) is 4.79 Å².